The Morgan fingerprint density at radius 2 is 1.39 bits per heavy atom. The monoisotopic (exact) mass is 240 g/mol. The van der Waals surface area contributed by atoms with Gasteiger partial charge < -0.3 is 0 Å². The van der Waals surface area contributed by atoms with Crippen LogP contribution < -0.4 is 0 Å². The average molecular weight is 240 g/mol. The van der Waals surface area contributed by atoms with Gasteiger partial charge in [0.1, 0.15) is 0 Å². The molecule has 2 aliphatic rings. The molecule has 0 heteroatoms. The van der Waals surface area contributed by atoms with E-state index >= 15 is 0 Å². The standard InChI is InChI=1S/C18H24/c1-2-4-6-9-15-13-14-16-10-8-12-18(16)17(15)11-7-5-3-1/h8,10,13-14H,1-7,9,11-12H2. The van der Waals surface area contributed by atoms with Gasteiger partial charge in [0, 0.05) is 0 Å². The third-order valence-electron chi connectivity index (χ3n) is 4.56. The van der Waals surface area contributed by atoms with E-state index in [-0.39, 0.29) is 0 Å². The molecule has 96 valence electrons. The van der Waals surface area contributed by atoms with E-state index in [1.165, 1.54) is 69.8 Å². The number of hydrogen-bond acceptors (Lipinski definition) is 0. The van der Waals surface area contributed by atoms with Crippen molar-refractivity contribution in [1.29, 1.82) is 0 Å². The van der Waals surface area contributed by atoms with Crippen LogP contribution in [0.2, 0.25) is 0 Å². The maximum Gasteiger partial charge on any atom is -0.00853 e. The van der Waals surface area contributed by atoms with E-state index in [0.717, 1.165) is 0 Å². The summed E-state index contributed by atoms with van der Waals surface area (Å²) in [7, 11) is 0. The number of allylic oxidation sites excluding steroid dienone is 1. The quantitative estimate of drug-likeness (QED) is 0.593. The van der Waals surface area contributed by atoms with Gasteiger partial charge in [0.25, 0.3) is 0 Å². The van der Waals surface area contributed by atoms with Crippen molar-refractivity contribution in [2.45, 2.75) is 64.2 Å². The fraction of sp³-hybridized carbons (Fsp3) is 0.556. The molecule has 2 aliphatic carbocycles. The Bertz CT molecular complexity index is 440. The van der Waals surface area contributed by atoms with Crippen LogP contribution in [-0.2, 0) is 19.3 Å². The van der Waals surface area contributed by atoms with Crippen LogP contribution in [0.3, 0.4) is 0 Å². The number of hydrogen-bond donors (Lipinski definition) is 0. The summed E-state index contributed by atoms with van der Waals surface area (Å²) in [4.78, 5) is 0. The third-order valence-corrected chi connectivity index (χ3v) is 4.56. The van der Waals surface area contributed by atoms with Crippen LogP contribution >= 0.6 is 0 Å². The predicted octanol–water partition coefficient (Wildman–Crippen LogP) is 5.09. The van der Waals surface area contributed by atoms with E-state index in [4.69, 9.17) is 0 Å². The smallest absolute Gasteiger partial charge is 0.00853 e. The molecule has 0 fully saturated rings. The van der Waals surface area contributed by atoms with Crippen LogP contribution in [-0.4, -0.2) is 0 Å². The summed E-state index contributed by atoms with van der Waals surface area (Å²) in [5.41, 5.74) is 6.49. The lowest BCUT2D eigenvalue weighted by Crippen LogP contribution is -2.01. The fourth-order valence-corrected chi connectivity index (χ4v) is 3.51. The lowest BCUT2D eigenvalue weighted by Gasteiger charge is -2.14. The second kappa shape index (κ2) is 5.73. The lowest BCUT2D eigenvalue weighted by molar-refractivity contribution is 0.587. The maximum absolute atomic E-state index is 2.40. The summed E-state index contributed by atoms with van der Waals surface area (Å²) in [6, 6.07) is 4.75. The second-order valence-electron chi connectivity index (χ2n) is 5.85. The summed E-state index contributed by atoms with van der Waals surface area (Å²) in [6.07, 6.45) is 18.4. The van der Waals surface area contributed by atoms with Crippen LogP contribution in [0.25, 0.3) is 6.08 Å². The molecule has 1 aromatic rings. The minimum atomic E-state index is 1.18. The number of aryl methyl sites for hydroxylation is 1. The zero-order chi connectivity index (χ0) is 12.2. The van der Waals surface area contributed by atoms with Crippen molar-refractivity contribution in [3.8, 4) is 0 Å². The highest BCUT2D eigenvalue weighted by molar-refractivity contribution is 5.63. The van der Waals surface area contributed by atoms with Crippen molar-refractivity contribution in [2.75, 3.05) is 0 Å². The van der Waals surface area contributed by atoms with Crippen LogP contribution in [0.15, 0.2) is 18.2 Å². The Balaban J connectivity index is 1.87. The van der Waals surface area contributed by atoms with Crippen molar-refractivity contribution in [1.82, 2.24) is 0 Å². The molecule has 0 N–H and O–H groups in total. The summed E-state index contributed by atoms with van der Waals surface area (Å²) < 4.78 is 0. The van der Waals surface area contributed by atoms with E-state index in [1.807, 2.05) is 0 Å². The molecule has 0 amide bonds. The topological polar surface area (TPSA) is 0 Å². The molecule has 3 rings (SSSR count). The molecule has 0 bridgehead atoms. The Morgan fingerprint density at radius 1 is 0.667 bits per heavy atom. The molecule has 0 spiro atoms. The minimum Gasteiger partial charge on any atom is -0.0795 e. The van der Waals surface area contributed by atoms with Crippen molar-refractivity contribution in [3.63, 3.8) is 0 Å². The zero-order valence-corrected chi connectivity index (χ0v) is 11.4. The number of fused-ring (bicyclic) bond motifs is 3. The summed E-state index contributed by atoms with van der Waals surface area (Å²) in [6.45, 7) is 0. The van der Waals surface area contributed by atoms with Crippen molar-refractivity contribution in [3.05, 3.63) is 40.5 Å². The van der Waals surface area contributed by atoms with E-state index in [1.54, 1.807) is 16.7 Å². The largest absolute Gasteiger partial charge is 0.0795 e. The Morgan fingerprint density at radius 3 is 2.22 bits per heavy atom. The molecule has 0 heterocycles. The van der Waals surface area contributed by atoms with Gasteiger partial charge in [0.2, 0.25) is 0 Å². The van der Waals surface area contributed by atoms with Crippen LogP contribution in [0, 0.1) is 0 Å². The highest BCUT2D eigenvalue weighted by atomic mass is 14.2. The van der Waals surface area contributed by atoms with Crippen molar-refractivity contribution >= 4 is 6.08 Å². The molecule has 0 nitrogen and oxygen atoms in total. The van der Waals surface area contributed by atoms with E-state index in [2.05, 4.69) is 24.3 Å². The van der Waals surface area contributed by atoms with Gasteiger partial charge in [0.05, 0.1) is 0 Å². The average Bonchev–Trinajstić information content (AvgIpc) is 2.83. The summed E-state index contributed by atoms with van der Waals surface area (Å²) in [5.74, 6) is 0. The van der Waals surface area contributed by atoms with Gasteiger partial charge in [-0.1, -0.05) is 56.4 Å². The van der Waals surface area contributed by atoms with Gasteiger partial charge in [-0.25, -0.2) is 0 Å². The normalized spacial score (nSPS) is 20.0. The predicted molar refractivity (Wildman–Crippen MR) is 78.9 cm³/mol. The van der Waals surface area contributed by atoms with Crippen LogP contribution in [0.4, 0.5) is 0 Å². The SMILES string of the molecule is C1=Cc2ccc3c(c2C1)CCCCCCCCC3. The van der Waals surface area contributed by atoms with Crippen LogP contribution in [0.5, 0.6) is 0 Å². The zero-order valence-electron chi connectivity index (χ0n) is 11.4. The van der Waals surface area contributed by atoms with E-state index in [9.17, 15) is 0 Å². The molecule has 0 unspecified atom stereocenters. The molecule has 0 aromatic heterocycles. The minimum absolute atomic E-state index is 1.18. The first-order chi connectivity index (χ1) is 8.95. The molecular weight excluding hydrogens is 216 g/mol. The Hall–Kier alpha value is -1.04. The fourth-order valence-electron chi connectivity index (χ4n) is 3.51. The third kappa shape index (κ3) is 2.53. The maximum atomic E-state index is 2.40. The Kier molecular flexibility index (Phi) is 3.83. The number of benzene rings is 1. The van der Waals surface area contributed by atoms with Gasteiger partial charge in [-0.2, -0.15) is 0 Å². The van der Waals surface area contributed by atoms with Crippen molar-refractivity contribution < 1.29 is 0 Å². The summed E-state index contributed by atoms with van der Waals surface area (Å²) >= 11 is 0. The van der Waals surface area contributed by atoms with Gasteiger partial charge >= 0.3 is 0 Å². The lowest BCUT2D eigenvalue weighted by atomic mass is 9.91. The molecule has 1 aromatic carbocycles. The molecule has 0 saturated carbocycles. The summed E-state index contributed by atoms with van der Waals surface area (Å²) in [5, 5.41) is 0. The molecular formula is C18H24. The first kappa shape index (κ1) is 12.0. The first-order valence-corrected chi connectivity index (χ1v) is 7.75. The van der Waals surface area contributed by atoms with Gasteiger partial charge in [0.15, 0.2) is 0 Å². The molecule has 0 radical (unpaired) electrons. The molecule has 0 aliphatic heterocycles. The van der Waals surface area contributed by atoms with Gasteiger partial charge in [-0.3, -0.25) is 0 Å². The molecule has 18 heavy (non-hydrogen) atoms. The highest BCUT2D eigenvalue weighted by Crippen LogP contribution is 2.29. The van der Waals surface area contributed by atoms with E-state index in [0.29, 0.717) is 0 Å². The number of rotatable bonds is 0. The van der Waals surface area contributed by atoms with Crippen LogP contribution in [0.1, 0.15) is 67.2 Å². The molecule has 0 saturated heterocycles. The highest BCUT2D eigenvalue weighted by Gasteiger charge is 2.14. The van der Waals surface area contributed by atoms with Gasteiger partial charge in [-0.05, 0) is 54.4 Å². The van der Waals surface area contributed by atoms with E-state index < -0.39 is 0 Å². The van der Waals surface area contributed by atoms with Gasteiger partial charge in [-0.15, -0.1) is 0 Å². The second-order valence-corrected chi connectivity index (χ2v) is 5.85. The molecule has 0 atom stereocenters. The Labute approximate surface area is 111 Å². The first-order valence-electron chi connectivity index (χ1n) is 7.75. The van der Waals surface area contributed by atoms with Crippen molar-refractivity contribution in [2.24, 2.45) is 0 Å².